The number of nitrogens with zero attached hydrogens (tertiary/aromatic N) is 2. The Hall–Kier alpha value is -2.02. The van der Waals surface area contributed by atoms with Gasteiger partial charge in [-0.3, -0.25) is 4.79 Å². The fourth-order valence-electron chi connectivity index (χ4n) is 2.84. The van der Waals surface area contributed by atoms with Gasteiger partial charge in [-0.05, 0) is 53.5 Å². The highest BCUT2D eigenvalue weighted by molar-refractivity contribution is 6.29. The summed E-state index contributed by atoms with van der Waals surface area (Å²) in [7, 11) is 0. The van der Waals surface area contributed by atoms with E-state index in [4.69, 9.17) is 16.3 Å². The van der Waals surface area contributed by atoms with Gasteiger partial charge in [-0.1, -0.05) is 11.6 Å². The summed E-state index contributed by atoms with van der Waals surface area (Å²) in [5.74, 6) is -0.196. The first-order chi connectivity index (χ1) is 12.5. The van der Waals surface area contributed by atoms with Gasteiger partial charge in [0.1, 0.15) is 10.8 Å². The van der Waals surface area contributed by atoms with Gasteiger partial charge in [-0.25, -0.2) is 9.78 Å². The summed E-state index contributed by atoms with van der Waals surface area (Å²) < 4.78 is 5.40. The van der Waals surface area contributed by atoms with Crippen molar-refractivity contribution in [3.05, 3.63) is 23.0 Å². The quantitative estimate of drug-likeness (QED) is 0.758. The average Bonchev–Trinajstić information content (AvgIpc) is 2.53. The number of pyridine rings is 1. The van der Waals surface area contributed by atoms with Gasteiger partial charge in [-0.2, -0.15) is 0 Å². The van der Waals surface area contributed by atoms with E-state index in [-0.39, 0.29) is 24.1 Å². The lowest BCUT2D eigenvalue weighted by Crippen LogP contribution is -2.47. The summed E-state index contributed by atoms with van der Waals surface area (Å²) in [5, 5.41) is 6.59. The van der Waals surface area contributed by atoms with E-state index in [2.05, 4.69) is 15.6 Å². The van der Waals surface area contributed by atoms with Crippen LogP contribution in [0.1, 0.15) is 57.8 Å². The van der Waals surface area contributed by atoms with Gasteiger partial charge in [0.25, 0.3) is 5.91 Å². The molecule has 2 N–H and O–H groups in total. The number of nitrogens with one attached hydrogen (secondary N) is 2. The van der Waals surface area contributed by atoms with E-state index >= 15 is 0 Å². The van der Waals surface area contributed by atoms with Crippen molar-refractivity contribution in [2.75, 3.05) is 18.4 Å². The Morgan fingerprint density at radius 2 is 1.93 bits per heavy atom. The van der Waals surface area contributed by atoms with Crippen LogP contribution in [-0.2, 0) is 4.74 Å². The fourth-order valence-corrected chi connectivity index (χ4v) is 3.00. The zero-order valence-corrected chi connectivity index (χ0v) is 17.4. The molecule has 2 rings (SSSR count). The second kappa shape index (κ2) is 8.78. The van der Waals surface area contributed by atoms with Crippen LogP contribution in [-0.4, -0.2) is 52.7 Å². The maximum absolute atomic E-state index is 12.7. The number of carbonyl (C=O) groups is 2. The van der Waals surface area contributed by atoms with Crippen molar-refractivity contribution < 1.29 is 14.3 Å². The topological polar surface area (TPSA) is 83.6 Å². The van der Waals surface area contributed by atoms with Crippen molar-refractivity contribution in [2.24, 2.45) is 0 Å². The van der Waals surface area contributed by atoms with E-state index in [1.54, 1.807) is 11.0 Å². The Morgan fingerprint density at radius 1 is 1.30 bits per heavy atom. The van der Waals surface area contributed by atoms with Crippen LogP contribution in [0.25, 0.3) is 0 Å². The Bertz CT molecular complexity index is 680. The molecule has 2 amide bonds. The van der Waals surface area contributed by atoms with E-state index in [9.17, 15) is 9.59 Å². The molecule has 2 heterocycles. The lowest BCUT2D eigenvalue weighted by molar-refractivity contribution is 0.0199. The molecule has 0 radical (unpaired) electrons. The SMILES string of the molecule is CC(C)Nc1cc(Cl)ncc1C(=O)NC1CCN(C(=O)OC(C)(C)C)CC1. The molecule has 1 saturated heterocycles. The normalized spacial score (nSPS) is 15.6. The maximum atomic E-state index is 12.7. The molecule has 0 aliphatic carbocycles. The number of aromatic nitrogens is 1. The van der Waals surface area contributed by atoms with E-state index in [1.165, 1.54) is 6.20 Å². The molecular weight excluding hydrogens is 368 g/mol. The highest BCUT2D eigenvalue weighted by Crippen LogP contribution is 2.21. The largest absolute Gasteiger partial charge is 0.444 e. The predicted octanol–water partition coefficient (Wildman–Crippen LogP) is 3.68. The van der Waals surface area contributed by atoms with Crippen LogP contribution in [0.5, 0.6) is 0 Å². The second-order valence-electron chi connectivity index (χ2n) is 8.07. The Morgan fingerprint density at radius 3 is 2.48 bits per heavy atom. The summed E-state index contributed by atoms with van der Waals surface area (Å²) in [6.07, 6.45) is 2.54. The van der Waals surface area contributed by atoms with Crippen LogP contribution >= 0.6 is 11.6 Å². The average molecular weight is 397 g/mol. The summed E-state index contributed by atoms with van der Waals surface area (Å²) in [6, 6.07) is 1.81. The highest BCUT2D eigenvalue weighted by atomic mass is 35.5. The van der Waals surface area contributed by atoms with Gasteiger partial charge >= 0.3 is 6.09 Å². The van der Waals surface area contributed by atoms with Crippen molar-refractivity contribution in [1.82, 2.24) is 15.2 Å². The molecule has 0 atom stereocenters. The lowest BCUT2D eigenvalue weighted by atomic mass is 10.0. The summed E-state index contributed by atoms with van der Waals surface area (Å²) >= 11 is 5.96. The highest BCUT2D eigenvalue weighted by Gasteiger charge is 2.28. The first kappa shape index (κ1) is 21.3. The number of anilines is 1. The van der Waals surface area contributed by atoms with Gasteiger partial charge in [0.2, 0.25) is 0 Å². The number of hydrogen-bond acceptors (Lipinski definition) is 5. The molecule has 7 nitrogen and oxygen atoms in total. The first-order valence-corrected chi connectivity index (χ1v) is 9.64. The molecule has 0 bridgehead atoms. The Kier molecular flexibility index (Phi) is 6.92. The van der Waals surface area contributed by atoms with Crippen LogP contribution in [0.15, 0.2) is 12.3 Å². The molecule has 150 valence electrons. The van der Waals surface area contributed by atoms with Crippen molar-refractivity contribution in [3.63, 3.8) is 0 Å². The van der Waals surface area contributed by atoms with Gasteiger partial charge in [0, 0.05) is 31.4 Å². The van der Waals surface area contributed by atoms with Crippen LogP contribution in [0.2, 0.25) is 5.15 Å². The van der Waals surface area contributed by atoms with E-state index in [0.717, 1.165) is 0 Å². The van der Waals surface area contributed by atoms with Crippen LogP contribution < -0.4 is 10.6 Å². The maximum Gasteiger partial charge on any atom is 0.410 e. The molecule has 8 heteroatoms. The number of carbonyl (C=O) groups excluding carboxylic acids is 2. The van der Waals surface area contributed by atoms with Crippen LogP contribution in [0.3, 0.4) is 0 Å². The number of piperidine rings is 1. The molecule has 0 saturated carbocycles. The van der Waals surface area contributed by atoms with Crippen molar-refractivity contribution in [3.8, 4) is 0 Å². The summed E-state index contributed by atoms with van der Waals surface area (Å²) in [5.41, 5.74) is 0.611. The number of hydrogen-bond donors (Lipinski definition) is 2. The molecule has 27 heavy (non-hydrogen) atoms. The molecule has 1 aromatic rings. The van der Waals surface area contributed by atoms with Crippen molar-refractivity contribution in [1.29, 1.82) is 0 Å². The molecular formula is C19H29ClN4O3. The van der Waals surface area contributed by atoms with E-state index in [0.29, 0.717) is 42.3 Å². The molecule has 0 spiro atoms. The monoisotopic (exact) mass is 396 g/mol. The third kappa shape index (κ3) is 6.57. The van der Waals surface area contributed by atoms with Gasteiger partial charge in [-0.15, -0.1) is 0 Å². The minimum Gasteiger partial charge on any atom is -0.444 e. The van der Waals surface area contributed by atoms with E-state index < -0.39 is 5.60 Å². The molecule has 1 aliphatic heterocycles. The standard InChI is InChI=1S/C19H29ClN4O3/c1-12(2)22-15-10-16(20)21-11-14(15)17(25)23-13-6-8-24(9-7-13)18(26)27-19(3,4)5/h10-13H,6-9H2,1-5H3,(H,21,22)(H,23,25). The van der Waals surface area contributed by atoms with Gasteiger partial charge in [0.05, 0.1) is 11.3 Å². The summed E-state index contributed by atoms with van der Waals surface area (Å²) in [4.78, 5) is 30.5. The number of likely N-dealkylation sites (tertiary alicyclic amines) is 1. The molecule has 0 unspecified atom stereocenters. The number of amides is 2. The third-order valence-corrected chi connectivity index (χ3v) is 4.25. The second-order valence-corrected chi connectivity index (χ2v) is 8.45. The van der Waals surface area contributed by atoms with Gasteiger partial charge < -0.3 is 20.3 Å². The smallest absolute Gasteiger partial charge is 0.410 e. The fraction of sp³-hybridized carbons (Fsp3) is 0.632. The Balaban J connectivity index is 1.94. The predicted molar refractivity (Wildman–Crippen MR) is 106 cm³/mol. The van der Waals surface area contributed by atoms with E-state index in [1.807, 2.05) is 34.6 Å². The van der Waals surface area contributed by atoms with Crippen LogP contribution in [0, 0.1) is 0 Å². The zero-order chi connectivity index (χ0) is 20.2. The summed E-state index contributed by atoms with van der Waals surface area (Å²) in [6.45, 7) is 10.6. The third-order valence-electron chi connectivity index (χ3n) is 4.04. The molecule has 1 aromatic heterocycles. The first-order valence-electron chi connectivity index (χ1n) is 9.26. The lowest BCUT2D eigenvalue weighted by Gasteiger charge is -2.33. The zero-order valence-electron chi connectivity index (χ0n) is 16.6. The molecule has 0 aromatic carbocycles. The number of ether oxygens (including phenoxy) is 1. The van der Waals surface area contributed by atoms with Crippen molar-refractivity contribution in [2.45, 2.75) is 65.1 Å². The molecule has 1 fully saturated rings. The molecule has 1 aliphatic rings. The number of halogens is 1. The van der Waals surface area contributed by atoms with Crippen molar-refractivity contribution >= 4 is 29.3 Å². The van der Waals surface area contributed by atoms with Gasteiger partial charge in [0.15, 0.2) is 0 Å². The minimum absolute atomic E-state index is 0.00114. The van der Waals surface area contributed by atoms with Crippen LogP contribution in [0.4, 0.5) is 10.5 Å². The minimum atomic E-state index is -0.510. The Labute approximate surface area is 165 Å². The number of rotatable bonds is 4.